The average Bonchev–Trinajstić information content (AvgIpc) is 2.38. The second-order valence-corrected chi connectivity index (χ2v) is 5.30. The molecular weight excluding hydrogens is 332 g/mol. The van der Waals surface area contributed by atoms with E-state index in [4.69, 9.17) is 4.74 Å². The van der Waals surface area contributed by atoms with Gasteiger partial charge in [0, 0.05) is 30.1 Å². The molecule has 1 N–H and O–H groups in total. The Labute approximate surface area is 128 Å². The minimum absolute atomic E-state index is 0. The lowest BCUT2D eigenvalue weighted by Crippen LogP contribution is -2.53. The summed E-state index contributed by atoms with van der Waals surface area (Å²) in [5, 5.41) is 3.26. The smallest absolute Gasteiger partial charge is 0.260 e. The molecule has 1 fully saturated rings. The van der Waals surface area contributed by atoms with Crippen LogP contribution in [-0.4, -0.2) is 43.1 Å². The zero-order valence-corrected chi connectivity index (χ0v) is 13.2. The lowest BCUT2D eigenvalue weighted by Gasteiger charge is -2.33. The third kappa shape index (κ3) is 4.67. The Kier molecular flexibility index (Phi) is 6.62. The number of carbonyl (C=O) groups is 1. The summed E-state index contributed by atoms with van der Waals surface area (Å²) in [5.41, 5.74) is 0. The fourth-order valence-electron chi connectivity index (χ4n) is 1.97. The van der Waals surface area contributed by atoms with Crippen molar-refractivity contribution in [3.63, 3.8) is 0 Å². The molecule has 0 aromatic heterocycles. The summed E-state index contributed by atoms with van der Waals surface area (Å²) in [5.74, 6) is 0.765. The molecule has 0 unspecified atom stereocenters. The molecule has 1 atom stereocenters. The molecule has 2 rings (SSSR count). The molecule has 0 saturated carbocycles. The van der Waals surface area contributed by atoms with Crippen LogP contribution in [0, 0.1) is 0 Å². The summed E-state index contributed by atoms with van der Waals surface area (Å²) in [6.07, 6.45) is 0. The van der Waals surface area contributed by atoms with Crippen molar-refractivity contribution in [1.82, 2.24) is 10.2 Å². The first-order chi connectivity index (χ1) is 8.66. The highest BCUT2D eigenvalue weighted by Crippen LogP contribution is 2.16. The first-order valence-electron chi connectivity index (χ1n) is 6.05. The molecule has 19 heavy (non-hydrogen) atoms. The number of halogens is 2. The van der Waals surface area contributed by atoms with Crippen LogP contribution in [0.4, 0.5) is 0 Å². The van der Waals surface area contributed by atoms with Gasteiger partial charge < -0.3 is 15.0 Å². The van der Waals surface area contributed by atoms with E-state index in [0.29, 0.717) is 5.75 Å². The molecule has 1 heterocycles. The number of ether oxygens (including phenoxy) is 1. The van der Waals surface area contributed by atoms with E-state index in [9.17, 15) is 4.79 Å². The van der Waals surface area contributed by atoms with Crippen LogP contribution in [0.1, 0.15) is 6.92 Å². The molecule has 1 aromatic carbocycles. The standard InChI is InChI=1S/C13H17BrN2O2.ClH/c1-10-8-15-6-7-16(10)13(17)9-18-12-4-2-11(14)3-5-12;/h2-5,10,15H,6-9H2,1H3;1H/t10-;/m1./s1. The van der Waals surface area contributed by atoms with Gasteiger partial charge in [0.2, 0.25) is 0 Å². The third-order valence-electron chi connectivity index (χ3n) is 3.00. The van der Waals surface area contributed by atoms with Crippen LogP contribution in [0.5, 0.6) is 5.75 Å². The maximum atomic E-state index is 12.0. The minimum Gasteiger partial charge on any atom is -0.484 e. The van der Waals surface area contributed by atoms with Gasteiger partial charge in [-0.2, -0.15) is 0 Å². The highest BCUT2D eigenvalue weighted by atomic mass is 79.9. The second kappa shape index (κ2) is 7.72. The quantitative estimate of drug-likeness (QED) is 0.908. The molecular formula is C13H18BrClN2O2. The van der Waals surface area contributed by atoms with Crippen LogP contribution in [-0.2, 0) is 4.79 Å². The van der Waals surface area contributed by atoms with E-state index in [-0.39, 0.29) is 31.0 Å². The molecule has 4 nitrogen and oxygen atoms in total. The van der Waals surface area contributed by atoms with E-state index in [1.165, 1.54) is 0 Å². The van der Waals surface area contributed by atoms with Gasteiger partial charge in [-0.25, -0.2) is 0 Å². The van der Waals surface area contributed by atoms with Gasteiger partial charge in [0.25, 0.3) is 5.91 Å². The van der Waals surface area contributed by atoms with Crippen LogP contribution < -0.4 is 10.1 Å². The molecule has 1 aromatic rings. The zero-order valence-electron chi connectivity index (χ0n) is 10.8. The fraction of sp³-hybridized carbons (Fsp3) is 0.462. The highest BCUT2D eigenvalue weighted by Gasteiger charge is 2.22. The van der Waals surface area contributed by atoms with Gasteiger partial charge in [-0.15, -0.1) is 12.4 Å². The Morgan fingerprint density at radius 3 is 2.79 bits per heavy atom. The van der Waals surface area contributed by atoms with Crippen molar-refractivity contribution in [3.05, 3.63) is 28.7 Å². The summed E-state index contributed by atoms with van der Waals surface area (Å²) in [4.78, 5) is 13.9. The summed E-state index contributed by atoms with van der Waals surface area (Å²) < 4.78 is 6.49. The van der Waals surface area contributed by atoms with Crippen molar-refractivity contribution in [3.8, 4) is 5.75 Å². The Hall–Kier alpha value is -0.780. The van der Waals surface area contributed by atoms with Crippen LogP contribution in [0.3, 0.4) is 0 Å². The second-order valence-electron chi connectivity index (χ2n) is 4.38. The van der Waals surface area contributed by atoms with Crippen molar-refractivity contribution in [2.24, 2.45) is 0 Å². The summed E-state index contributed by atoms with van der Waals surface area (Å²) in [6, 6.07) is 7.72. The molecule has 0 bridgehead atoms. The largest absolute Gasteiger partial charge is 0.484 e. The predicted molar refractivity (Wildman–Crippen MR) is 80.9 cm³/mol. The maximum Gasteiger partial charge on any atom is 0.260 e. The summed E-state index contributed by atoms with van der Waals surface area (Å²) in [7, 11) is 0. The molecule has 0 spiro atoms. The zero-order chi connectivity index (χ0) is 13.0. The molecule has 1 saturated heterocycles. The molecule has 1 amide bonds. The van der Waals surface area contributed by atoms with E-state index < -0.39 is 0 Å². The number of piperazine rings is 1. The number of amides is 1. The van der Waals surface area contributed by atoms with E-state index in [0.717, 1.165) is 24.1 Å². The van der Waals surface area contributed by atoms with Gasteiger partial charge in [-0.05, 0) is 31.2 Å². The molecule has 6 heteroatoms. The number of hydrogen-bond acceptors (Lipinski definition) is 3. The van der Waals surface area contributed by atoms with Gasteiger partial charge in [0.05, 0.1) is 0 Å². The van der Waals surface area contributed by atoms with E-state index in [1.54, 1.807) is 0 Å². The first kappa shape index (κ1) is 16.3. The van der Waals surface area contributed by atoms with Crippen LogP contribution in [0.2, 0.25) is 0 Å². The monoisotopic (exact) mass is 348 g/mol. The Morgan fingerprint density at radius 1 is 1.47 bits per heavy atom. The van der Waals surface area contributed by atoms with Gasteiger partial charge in [-0.3, -0.25) is 4.79 Å². The third-order valence-corrected chi connectivity index (χ3v) is 3.53. The minimum atomic E-state index is 0. The van der Waals surface area contributed by atoms with Crippen molar-refractivity contribution in [1.29, 1.82) is 0 Å². The number of nitrogens with zero attached hydrogens (tertiary/aromatic N) is 1. The normalized spacial score (nSPS) is 18.6. The molecule has 106 valence electrons. The maximum absolute atomic E-state index is 12.0. The van der Waals surface area contributed by atoms with Crippen molar-refractivity contribution >= 4 is 34.2 Å². The molecule has 1 aliphatic rings. The molecule has 0 radical (unpaired) electrons. The van der Waals surface area contributed by atoms with Crippen molar-refractivity contribution in [2.45, 2.75) is 13.0 Å². The SMILES string of the molecule is C[C@@H]1CNCCN1C(=O)COc1ccc(Br)cc1.Cl. The number of carbonyl (C=O) groups excluding carboxylic acids is 1. The van der Waals surface area contributed by atoms with E-state index in [1.807, 2.05) is 36.1 Å². The van der Waals surface area contributed by atoms with Gasteiger partial charge in [0.15, 0.2) is 6.61 Å². The topological polar surface area (TPSA) is 41.6 Å². The number of rotatable bonds is 3. The van der Waals surface area contributed by atoms with Gasteiger partial charge in [0.1, 0.15) is 5.75 Å². The van der Waals surface area contributed by atoms with Crippen molar-refractivity contribution < 1.29 is 9.53 Å². The predicted octanol–water partition coefficient (Wildman–Crippen LogP) is 2.07. The Balaban J connectivity index is 0.00000180. The van der Waals surface area contributed by atoms with Gasteiger partial charge >= 0.3 is 0 Å². The first-order valence-corrected chi connectivity index (χ1v) is 6.84. The van der Waals surface area contributed by atoms with Crippen molar-refractivity contribution in [2.75, 3.05) is 26.2 Å². The number of hydrogen-bond donors (Lipinski definition) is 1. The average molecular weight is 350 g/mol. The number of benzene rings is 1. The molecule has 0 aliphatic carbocycles. The van der Waals surface area contributed by atoms with E-state index >= 15 is 0 Å². The fourth-order valence-corrected chi connectivity index (χ4v) is 2.23. The molecule has 1 aliphatic heterocycles. The number of nitrogens with one attached hydrogen (secondary N) is 1. The van der Waals surface area contributed by atoms with Gasteiger partial charge in [-0.1, -0.05) is 15.9 Å². The Bertz CT molecular complexity index is 414. The van der Waals surface area contributed by atoms with Crippen LogP contribution in [0.15, 0.2) is 28.7 Å². The summed E-state index contributed by atoms with van der Waals surface area (Å²) >= 11 is 3.36. The van der Waals surface area contributed by atoms with Crippen LogP contribution >= 0.6 is 28.3 Å². The van der Waals surface area contributed by atoms with E-state index in [2.05, 4.69) is 21.2 Å². The Morgan fingerprint density at radius 2 is 2.16 bits per heavy atom. The summed E-state index contributed by atoms with van der Waals surface area (Å²) in [6.45, 7) is 4.61. The lowest BCUT2D eigenvalue weighted by molar-refractivity contribution is -0.136. The highest BCUT2D eigenvalue weighted by molar-refractivity contribution is 9.10. The lowest BCUT2D eigenvalue weighted by atomic mass is 10.2. The van der Waals surface area contributed by atoms with Crippen LogP contribution in [0.25, 0.3) is 0 Å².